The van der Waals surface area contributed by atoms with Gasteiger partial charge in [0.15, 0.2) is 6.23 Å². The van der Waals surface area contributed by atoms with Crippen molar-refractivity contribution >= 4 is 15.6 Å². The average Bonchev–Trinajstić information content (AvgIpc) is 3.13. The molecule has 0 radical (unpaired) electrons. The molecule has 4 rings (SSSR count). The van der Waals surface area contributed by atoms with Gasteiger partial charge in [0.1, 0.15) is 29.8 Å². The second-order valence-corrected chi connectivity index (χ2v) is 11.0. The summed E-state index contributed by atoms with van der Waals surface area (Å²) in [5.41, 5.74) is -1.34. The molecule has 0 spiro atoms. The van der Waals surface area contributed by atoms with Crippen molar-refractivity contribution in [3.63, 3.8) is 0 Å². The SMILES string of the molecule is O=c1ccn([C@@H]2O[C@H](COP(=O)(O)OP(=O)(O)O)C(O)C2O)c(=O)n1Cc1cc(Oc2ccccc2)ccn1. The Bertz CT molecular complexity index is 1520. The summed E-state index contributed by atoms with van der Waals surface area (Å²) in [6, 6.07) is 13.0. The maximum Gasteiger partial charge on any atom is 0.481 e. The van der Waals surface area contributed by atoms with Crippen LogP contribution in [0.25, 0.3) is 0 Å². The molecule has 210 valence electrons. The Kier molecular flexibility index (Phi) is 8.63. The van der Waals surface area contributed by atoms with Gasteiger partial charge in [0.05, 0.1) is 18.8 Å². The predicted molar refractivity (Wildman–Crippen MR) is 130 cm³/mol. The van der Waals surface area contributed by atoms with Crippen molar-refractivity contribution in [2.75, 3.05) is 6.61 Å². The van der Waals surface area contributed by atoms with Crippen molar-refractivity contribution in [2.45, 2.75) is 31.1 Å². The molecule has 16 nitrogen and oxygen atoms in total. The van der Waals surface area contributed by atoms with Gasteiger partial charge in [-0.15, -0.1) is 0 Å². The molecule has 1 fully saturated rings. The van der Waals surface area contributed by atoms with E-state index in [1.807, 2.05) is 6.07 Å². The van der Waals surface area contributed by atoms with Gasteiger partial charge in [-0.3, -0.25) is 23.4 Å². The van der Waals surface area contributed by atoms with Crippen molar-refractivity contribution in [1.29, 1.82) is 0 Å². The van der Waals surface area contributed by atoms with Gasteiger partial charge in [-0.1, -0.05) is 18.2 Å². The van der Waals surface area contributed by atoms with E-state index in [1.165, 1.54) is 12.3 Å². The standard InChI is InChI=1S/C21H23N3O13P2/c25-17-7-9-23(20-19(27)18(26)16(36-20)12-34-39(32,33)37-38(29,30)31)21(28)24(17)11-13-10-15(6-8-22-13)35-14-4-2-1-3-5-14/h1-10,16,18-20,26-27H,11-12H2,(H,32,33)(H2,29,30,31)/t16-,18?,19?,20-/m1/s1. The number of ether oxygens (including phenoxy) is 2. The van der Waals surface area contributed by atoms with Crippen LogP contribution in [0.3, 0.4) is 0 Å². The molecule has 1 aliphatic heterocycles. The number of pyridine rings is 1. The van der Waals surface area contributed by atoms with E-state index in [1.54, 1.807) is 30.3 Å². The van der Waals surface area contributed by atoms with Crippen molar-refractivity contribution in [3.05, 3.63) is 87.5 Å². The second-order valence-electron chi connectivity index (χ2n) is 8.21. The maximum atomic E-state index is 13.2. The minimum absolute atomic E-state index is 0.282. The number of aliphatic hydroxyl groups excluding tert-OH is 2. The van der Waals surface area contributed by atoms with Crippen LogP contribution in [0.5, 0.6) is 11.5 Å². The van der Waals surface area contributed by atoms with Crippen LogP contribution in [0.15, 0.2) is 70.5 Å². The fourth-order valence-electron chi connectivity index (χ4n) is 3.69. The lowest BCUT2D eigenvalue weighted by molar-refractivity contribution is -0.0547. The van der Waals surface area contributed by atoms with Crippen molar-refractivity contribution in [1.82, 2.24) is 14.1 Å². The molecule has 1 saturated heterocycles. The molecule has 0 aliphatic carbocycles. The summed E-state index contributed by atoms with van der Waals surface area (Å²) >= 11 is 0. The largest absolute Gasteiger partial charge is 0.481 e. The van der Waals surface area contributed by atoms with E-state index in [9.17, 15) is 33.8 Å². The Morgan fingerprint density at radius 1 is 0.974 bits per heavy atom. The number of benzene rings is 1. The number of phosphoric acid groups is 2. The number of phosphoric ester groups is 1. The minimum atomic E-state index is -5.38. The molecule has 39 heavy (non-hydrogen) atoms. The number of aliphatic hydroxyl groups is 2. The highest BCUT2D eigenvalue weighted by atomic mass is 31.3. The average molecular weight is 587 g/mol. The van der Waals surface area contributed by atoms with Gasteiger partial charge in [0.2, 0.25) is 0 Å². The van der Waals surface area contributed by atoms with E-state index in [-0.39, 0.29) is 6.54 Å². The fourth-order valence-corrected chi connectivity index (χ4v) is 5.28. The molecule has 18 heteroatoms. The summed E-state index contributed by atoms with van der Waals surface area (Å²) in [6.45, 7) is -1.23. The lowest BCUT2D eigenvalue weighted by Gasteiger charge is -2.19. The molecule has 0 amide bonds. The van der Waals surface area contributed by atoms with Crippen molar-refractivity contribution in [3.8, 4) is 11.5 Å². The van der Waals surface area contributed by atoms with Gasteiger partial charge in [-0.2, -0.15) is 4.31 Å². The van der Waals surface area contributed by atoms with Crippen LogP contribution in [-0.4, -0.2) is 63.9 Å². The number of hydrogen-bond donors (Lipinski definition) is 5. The lowest BCUT2D eigenvalue weighted by Crippen LogP contribution is -2.43. The summed E-state index contributed by atoms with van der Waals surface area (Å²) in [5, 5.41) is 20.7. The number of aromatic nitrogens is 3. The molecular formula is C21H23N3O13P2. The monoisotopic (exact) mass is 587 g/mol. The first-order chi connectivity index (χ1) is 18.3. The van der Waals surface area contributed by atoms with E-state index in [0.717, 1.165) is 21.4 Å². The Hall–Kier alpha value is -3.01. The summed E-state index contributed by atoms with van der Waals surface area (Å²) in [6.07, 6.45) is -4.14. The van der Waals surface area contributed by atoms with Gasteiger partial charge < -0.3 is 34.4 Å². The highest BCUT2D eigenvalue weighted by Gasteiger charge is 2.46. The smallest absolute Gasteiger partial charge is 0.457 e. The van der Waals surface area contributed by atoms with Crippen LogP contribution in [0.1, 0.15) is 11.9 Å². The maximum absolute atomic E-state index is 13.2. The molecule has 1 aromatic carbocycles. The summed E-state index contributed by atoms with van der Waals surface area (Å²) < 4.78 is 43.3. The highest BCUT2D eigenvalue weighted by molar-refractivity contribution is 7.60. The first-order valence-corrected chi connectivity index (χ1v) is 14.1. The lowest BCUT2D eigenvalue weighted by atomic mass is 10.1. The zero-order valence-corrected chi connectivity index (χ0v) is 21.5. The van der Waals surface area contributed by atoms with E-state index < -0.39 is 58.0 Å². The van der Waals surface area contributed by atoms with Gasteiger partial charge >= 0.3 is 21.3 Å². The minimum Gasteiger partial charge on any atom is -0.457 e. The molecule has 0 saturated carbocycles. The van der Waals surface area contributed by atoms with Crippen molar-refractivity contribution < 1.29 is 52.3 Å². The van der Waals surface area contributed by atoms with Crippen LogP contribution in [0, 0.1) is 0 Å². The third-order valence-corrected chi connectivity index (χ3v) is 7.56. The number of rotatable bonds is 10. The van der Waals surface area contributed by atoms with Crippen LogP contribution in [0.2, 0.25) is 0 Å². The number of para-hydroxylation sites is 1. The van der Waals surface area contributed by atoms with Gasteiger partial charge in [0, 0.05) is 24.5 Å². The molecule has 5 N–H and O–H groups in total. The fraction of sp³-hybridized carbons (Fsp3) is 0.286. The summed E-state index contributed by atoms with van der Waals surface area (Å²) in [5.74, 6) is 0.962. The summed E-state index contributed by atoms with van der Waals surface area (Å²) in [4.78, 5) is 56.6. The number of hydrogen-bond acceptors (Lipinski definition) is 11. The third-order valence-electron chi connectivity index (χ3n) is 5.41. The van der Waals surface area contributed by atoms with E-state index in [2.05, 4.69) is 13.8 Å². The molecule has 5 atom stereocenters. The van der Waals surface area contributed by atoms with E-state index in [0.29, 0.717) is 17.2 Å². The van der Waals surface area contributed by atoms with E-state index >= 15 is 0 Å². The molecular weight excluding hydrogens is 564 g/mol. The molecule has 3 unspecified atom stereocenters. The molecule has 0 bridgehead atoms. The first-order valence-electron chi connectivity index (χ1n) is 11.1. The normalized spacial score (nSPS) is 22.9. The van der Waals surface area contributed by atoms with Crippen molar-refractivity contribution in [2.24, 2.45) is 0 Å². The molecule has 2 aromatic heterocycles. The first kappa shape index (κ1) is 29.0. The third kappa shape index (κ3) is 7.35. The predicted octanol–water partition coefficient (Wildman–Crippen LogP) is 0.0911. The van der Waals surface area contributed by atoms with E-state index in [4.69, 9.17) is 19.3 Å². The molecule has 3 heterocycles. The van der Waals surface area contributed by atoms with Gasteiger partial charge in [0.25, 0.3) is 5.56 Å². The molecule has 3 aromatic rings. The second kappa shape index (κ2) is 11.6. The van der Waals surface area contributed by atoms with Crippen LogP contribution in [-0.2, 0) is 29.2 Å². The topological polar surface area (TPSA) is 229 Å². The van der Waals surface area contributed by atoms with Gasteiger partial charge in [-0.25, -0.2) is 13.9 Å². The zero-order valence-electron chi connectivity index (χ0n) is 19.7. The quantitative estimate of drug-likeness (QED) is 0.198. The Balaban J connectivity index is 1.52. The Morgan fingerprint density at radius 3 is 2.38 bits per heavy atom. The van der Waals surface area contributed by atoms with Crippen LogP contribution < -0.4 is 16.0 Å². The molecule has 1 aliphatic rings. The highest BCUT2D eigenvalue weighted by Crippen LogP contribution is 2.57. The summed E-state index contributed by atoms with van der Waals surface area (Å²) in [7, 11) is -10.6. The Morgan fingerprint density at radius 2 is 1.69 bits per heavy atom. The van der Waals surface area contributed by atoms with Gasteiger partial charge in [-0.05, 0) is 18.2 Å². The van der Waals surface area contributed by atoms with Crippen LogP contribution >= 0.6 is 15.6 Å². The zero-order chi connectivity index (χ0) is 28.4. The Labute approximate surface area is 219 Å². The van der Waals surface area contributed by atoms with Crippen LogP contribution in [0.4, 0.5) is 0 Å². The number of nitrogens with zero attached hydrogens (tertiary/aromatic N) is 3.